The minimum Gasteiger partial charge on any atom is -0.480 e. The van der Waals surface area contributed by atoms with Gasteiger partial charge in [-0.3, -0.25) is 14.4 Å². The molecule has 0 aliphatic rings. The molecular weight excluding hydrogens is 506 g/mol. The van der Waals surface area contributed by atoms with Crippen LogP contribution in [0.3, 0.4) is 0 Å². The maximum atomic E-state index is 12.7. The van der Waals surface area contributed by atoms with E-state index < -0.39 is 41.9 Å². The lowest BCUT2D eigenvalue weighted by molar-refractivity contribution is -0.139. The topological polar surface area (TPSA) is 151 Å². The van der Waals surface area contributed by atoms with Crippen molar-refractivity contribution >= 4 is 24.1 Å². The van der Waals surface area contributed by atoms with Gasteiger partial charge < -0.3 is 29.8 Å². The molecule has 0 radical (unpaired) electrons. The van der Waals surface area contributed by atoms with Crippen LogP contribution in [-0.2, 0) is 23.9 Å². The third kappa shape index (κ3) is 13.0. The molecule has 0 saturated heterocycles. The van der Waals surface area contributed by atoms with E-state index in [4.69, 9.17) is 24.7 Å². The molecule has 0 heterocycles. The Morgan fingerprint density at radius 1 is 0.821 bits per heavy atom. The molecule has 0 fully saturated rings. The van der Waals surface area contributed by atoms with Gasteiger partial charge in [0.25, 0.3) is 0 Å². The van der Waals surface area contributed by atoms with Crippen molar-refractivity contribution in [1.29, 1.82) is 0 Å². The molecule has 2 unspecified atom stereocenters. The van der Waals surface area contributed by atoms with Gasteiger partial charge in [-0.25, -0.2) is 4.79 Å². The predicted molar refractivity (Wildman–Crippen MR) is 146 cm³/mol. The Labute approximate surface area is 231 Å². The fraction of sp³-hybridized carbons (Fsp3) is 0.655. The molecule has 220 valence electrons. The van der Waals surface area contributed by atoms with Crippen molar-refractivity contribution in [3.8, 4) is 11.5 Å². The number of ether oxygens (including phenoxy) is 4. The highest BCUT2D eigenvalue weighted by Crippen LogP contribution is 2.37. The summed E-state index contributed by atoms with van der Waals surface area (Å²) in [6, 6.07) is 3.08. The number of esters is 2. The van der Waals surface area contributed by atoms with Crippen LogP contribution in [0.2, 0.25) is 0 Å². The second kappa shape index (κ2) is 14.3. The third-order valence-corrected chi connectivity index (χ3v) is 5.43. The molecule has 0 aliphatic carbocycles. The van der Waals surface area contributed by atoms with E-state index in [2.05, 4.69) is 0 Å². The molecule has 39 heavy (non-hydrogen) atoms. The summed E-state index contributed by atoms with van der Waals surface area (Å²) in [4.78, 5) is 49.1. The molecule has 0 amide bonds. The number of carboxylic acid groups (broad SMARTS) is 1. The molecule has 1 aromatic carbocycles. The lowest BCUT2D eigenvalue weighted by Gasteiger charge is -2.28. The van der Waals surface area contributed by atoms with E-state index in [0.717, 1.165) is 0 Å². The molecule has 0 aromatic heterocycles. The van der Waals surface area contributed by atoms with Crippen LogP contribution in [0, 0.1) is 22.7 Å². The fourth-order valence-electron chi connectivity index (χ4n) is 3.70. The fourth-order valence-corrected chi connectivity index (χ4v) is 3.70. The molecule has 1 rings (SSSR count). The van der Waals surface area contributed by atoms with E-state index in [1.165, 1.54) is 12.1 Å². The zero-order valence-corrected chi connectivity index (χ0v) is 24.7. The van der Waals surface area contributed by atoms with Crippen LogP contribution >= 0.6 is 0 Å². The number of hydrogen-bond donors (Lipinski definition) is 2. The quantitative estimate of drug-likeness (QED) is 0.258. The molecule has 0 saturated carbocycles. The maximum Gasteiger partial charge on any atom is 0.508 e. The van der Waals surface area contributed by atoms with Gasteiger partial charge in [-0.05, 0) is 40.4 Å². The zero-order chi connectivity index (χ0) is 30.1. The van der Waals surface area contributed by atoms with Gasteiger partial charge in [-0.15, -0.1) is 0 Å². The zero-order valence-electron chi connectivity index (χ0n) is 24.7. The van der Waals surface area contributed by atoms with E-state index in [1.807, 2.05) is 55.4 Å². The van der Waals surface area contributed by atoms with Crippen LogP contribution in [0.1, 0.15) is 86.6 Å². The molecule has 1 aromatic rings. The number of nitrogens with two attached hydrogens (primary N) is 1. The highest BCUT2D eigenvalue weighted by atomic mass is 16.7. The SMILES string of the molecule is CC(C)COC(=O)OCC(C)C(c1ccc(OC(=O)CC(C)(C)C)c(OC(=O)CC(C)(C)C)c1)[C@H](N)C(=O)O. The Kier molecular flexibility index (Phi) is 12.4. The van der Waals surface area contributed by atoms with Crippen molar-refractivity contribution in [2.24, 2.45) is 28.4 Å². The predicted octanol–water partition coefficient (Wildman–Crippen LogP) is 5.31. The summed E-state index contributed by atoms with van der Waals surface area (Å²) >= 11 is 0. The number of carboxylic acids is 1. The van der Waals surface area contributed by atoms with Crippen molar-refractivity contribution in [1.82, 2.24) is 0 Å². The summed E-state index contributed by atoms with van der Waals surface area (Å²) in [5.41, 5.74) is 5.78. The Balaban J connectivity index is 3.36. The van der Waals surface area contributed by atoms with Gasteiger partial charge >= 0.3 is 24.1 Å². The van der Waals surface area contributed by atoms with Crippen LogP contribution in [0.15, 0.2) is 18.2 Å². The summed E-state index contributed by atoms with van der Waals surface area (Å²) in [5, 5.41) is 9.70. The second-order valence-electron chi connectivity index (χ2n) is 12.8. The number of rotatable bonds is 12. The van der Waals surface area contributed by atoms with Gasteiger partial charge in [0.2, 0.25) is 0 Å². The van der Waals surface area contributed by atoms with Crippen molar-refractivity contribution in [2.75, 3.05) is 13.2 Å². The molecule has 3 atom stereocenters. The van der Waals surface area contributed by atoms with Crippen LogP contribution < -0.4 is 15.2 Å². The molecule has 3 N–H and O–H groups in total. The van der Waals surface area contributed by atoms with Crippen LogP contribution in [-0.4, -0.2) is 48.4 Å². The highest BCUT2D eigenvalue weighted by molar-refractivity contribution is 5.78. The van der Waals surface area contributed by atoms with Crippen LogP contribution in [0.25, 0.3) is 0 Å². The lowest BCUT2D eigenvalue weighted by atomic mass is 9.82. The number of benzene rings is 1. The molecule has 0 bridgehead atoms. The summed E-state index contributed by atoms with van der Waals surface area (Å²) in [6.07, 6.45) is -0.651. The van der Waals surface area contributed by atoms with Gasteiger partial charge in [0, 0.05) is 5.92 Å². The van der Waals surface area contributed by atoms with Crippen molar-refractivity contribution in [2.45, 2.75) is 87.1 Å². The molecule has 0 spiro atoms. The smallest absolute Gasteiger partial charge is 0.480 e. The van der Waals surface area contributed by atoms with Gasteiger partial charge in [0.1, 0.15) is 6.04 Å². The minimum atomic E-state index is -1.37. The Morgan fingerprint density at radius 3 is 1.77 bits per heavy atom. The highest BCUT2D eigenvalue weighted by Gasteiger charge is 2.33. The van der Waals surface area contributed by atoms with E-state index in [-0.39, 0.29) is 54.3 Å². The summed E-state index contributed by atoms with van der Waals surface area (Å²) < 4.78 is 21.4. The number of aliphatic carboxylic acids is 1. The van der Waals surface area contributed by atoms with Crippen molar-refractivity contribution in [3.63, 3.8) is 0 Å². The van der Waals surface area contributed by atoms with E-state index >= 15 is 0 Å². The first kappa shape index (κ1) is 33.9. The van der Waals surface area contributed by atoms with Gasteiger partial charge in [-0.1, -0.05) is 68.4 Å². The van der Waals surface area contributed by atoms with Crippen LogP contribution in [0.4, 0.5) is 4.79 Å². The first-order valence-electron chi connectivity index (χ1n) is 13.1. The maximum absolute atomic E-state index is 12.7. The number of hydrogen-bond acceptors (Lipinski definition) is 9. The van der Waals surface area contributed by atoms with Gasteiger partial charge in [-0.2, -0.15) is 0 Å². The first-order chi connectivity index (χ1) is 17.8. The first-order valence-corrected chi connectivity index (χ1v) is 13.1. The Hall–Kier alpha value is -3.14. The van der Waals surface area contributed by atoms with Crippen LogP contribution in [0.5, 0.6) is 11.5 Å². The Morgan fingerprint density at radius 2 is 1.31 bits per heavy atom. The largest absolute Gasteiger partial charge is 0.508 e. The van der Waals surface area contributed by atoms with E-state index in [1.54, 1.807) is 13.0 Å². The lowest BCUT2D eigenvalue weighted by Crippen LogP contribution is -2.40. The van der Waals surface area contributed by atoms with Gasteiger partial charge in [0.05, 0.1) is 26.1 Å². The third-order valence-electron chi connectivity index (χ3n) is 5.43. The molecule has 10 heteroatoms. The normalized spacial score (nSPS) is 14.2. The van der Waals surface area contributed by atoms with E-state index in [0.29, 0.717) is 5.56 Å². The standard InChI is InChI=1S/C29H45NO9/c1-17(2)15-36-27(35)37-16-18(3)24(25(30)26(33)34)19-10-11-20(38-22(31)13-28(4,5)6)21(12-19)39-23(32)14-29(7,8)9/h10-12,17-18,24-25H,13-16,30H2,1-9H3,(H,33,34)/t18?,24?,25-/m0/s1. The average molecular weight is 552 g/mol. The van der Waals surface area contributed by atoms with E-state index in [9.17, 15) is 24.3 Å². The Bertz CT molecular complexity index is 1000. The van der Waals surface area contributed by atoms with Crippen molar-refractivity contribution in [3.05, 3.63) is 23.8 Å². The molecule has 10 nitrogen and oxygen atoms in total. The summed E-state index contributed by atoms with van der Waals surface area (Å²) in [6.45, 7) is 16.8. The molecule has 0 aliphatic heterocycles. The van der Waals surface area contributed by atoms with Crippen molar-refractivity contribution < 1.29 is 43.2 Å². The second-order valence-corrected chi connectivity index (χ2v) is 12.8. The molecular formula is C29H45NO9. The minimum absolute atomic E-state index is 0.0269. The number of carbonyl (C=O) groups excluding carboxylic acids is 3. The number of carbonyl (C=O) groups is 4. The summed E-state index contributed by atoms with van der Waals surface area (Å²) in [5.74, 6) is -3.61. The summed E-state index contributed by atoms with van der Waals surface area (Å²) in [7, 11) is 0. The average Bonchev–Trinajstić information content (AvgIpc) is 2.75. The monoisotopic (exact) mass is 551 g/mol. The van der Waals surface area contributed by atoms with Gasteiger partial charge in [0.15, 0.2) is 11.5 Å².